The Morgan fingerprint density at radius 2 is 2.10 bits per heavy atom. The first kappa shape index (κ1) is 16.4. The molecule has 3 N–H and O–H groups in total. The van der Waals surface area contributed by atoms with Crippen molar-refractivity contribution in [1.29, 1.82) is 0 Å². The largest absolute Gasteiger partial charge is 0.444 e. The SMILES string of the molecule is CNCC(O)c1ccc(NC(=O)OC(C)(C)C)cc1F. The zero-order chi connectivity index (χ0) is 15.3. The van der Waals surface area contributed by atoms with Gasteiger partial charge in [0.15, 0.2) is 0 Å². The summed E-state index contributed by atoms with van der Waals surface area (Å²) in [4.78, 5) is 11.5. The van der Waals surface area contributed by atoms with Crippen LogP contribution in [0.25, 0.3) is 0 Å². The molecule has 5 nitrogen and oxygen atoms in total. The maximum atomic E-state index is 13.8. The molecule has 0 bridgehead atoms. The van der Waals surface area contributed by atoms with Crippen molar-refractivity contribution in [2.75, 3.05) is 18.9 Å². The summed E-state index contributed by atoms with van der Waals surface area (Å²) >= 11 is 0. The minimum atomic E-state index is -0.935. The lowest BCUT2D eigenvalue weighted by Gasteiger charge is -2.20. The number of nitrogens with one attached hydrogen (secondary N) is 2. The molecule has 0 radical (unpaired) electrons. The van der Waals surface area contributed by atoms with Gasteiger partial charge >= 0.3 is 6.09 Å². The lowest BCUT2D eigenvalue weighted by molar-refractivity contribution is 0.0636. The molecule has 20 heavy (non-hydrogen) atoms. The predicted molar refractivity (Wildman–Crippen MR) is 75.1 cm³/mol. The van der Waals surface area contributed by atoms with E-state index in [-0.39, 0.29) is 17.8 Å². The minimum Gasteiger partial charge on any atom is -0.444 e. The molecule has 1 amide bonds. The highest BCUT2D eigenvalue weighted by Gasteiger charge is 2.17. The van der Waals surface area contributed by atoms with Gasteiger partial charge in [-0.25, -0.2) is 9.18 Å². The Labute approximate surface area is 118 Å². The smallest absolute Gasteiger partial charge is 0.412 e. The molecular formula is C14H21FN2O3. The first-order chi connectivity index (χ1) is 9.23. The van der Waals surface area contributed by atoms with Crippen molar-refractivity contribution < 1.29 is 19.0 Å². The molecule has 1 unspecified atom stereocenters. The van der Waals surface area contributed by atoms with Gasteiger partial charge in [0.1, 0.15) is 11.4 Å². The number of aliphatic hydroxyl groups excluding tert-OH is 1. The Balaban J connectivity index is 2.75. The molecule has 1 atom stereocenters. The van der Waals surface area contributed by atoms with E-state index in [0.717, 1.165) is 6.07 Å². The van der Waals surface area contributed by atoms with Crippen molar-refractivity contribution in [1.82, 2.24) is 5.32 Å². The third kappa shape index (κ3) is 5.14. The molecule has 1 aromatic rings. The fourth-order valence-corrected chi connectivity index (χ4v) is 1.60. The predicted octanol–water partition coefficient (Wildman–Crippen LogP) is 2.43. The van der Waals surface area contributed by atoms with Crippen LogP contribution in [0.1, 0.15) is 32.4 Å². The van der Waals surface area contributed by atoms with Crippen LogP contribution < -0.4 is 10.6 Å². The molecule has 0 saturated carbocycles. The first-order valence-electron chi connectivity index (χ1n) is 6.35. The van der Waals surface area contributed by atoms with E-state index in [2.05, 4.69) is 10.6 Å². The Morgan fingerprint density at radius 1 is 1.45 bits per heavy atom. The lowest BCUT2D eigenvalue weighted by atomic mass is 10.1. The monoisotopic (exact) mass is 284 g/mol. The van der Waals surface area contributed by atoms with Crippen LogP contribution in [0.3, 0.4) is 0 Å². The molecule has 1 aromatic carbocycles. The second kappa shape index (κ2) is 6.67. The number of amides is 1. The van der Waals surface area contributed by atoms with Crippen LogP contribution in [0.2, 0.25) is 0 Å². The molecular weight excluding hydrogens is 263 g/mol. The Hall–Kier alpha value is -1.66. The highest BCUT2D eigenvalue weighted by molar-refractivity contribution is 5.84. The topological polar surface area (TPSA) is 70.6 Å². The van der Waals surface area contributed by atoms with Gasteiger partial charge in [0, 0.05) is 17.8 Å². The number of carbonyl (C=O) groups is 1. The summed E-state index contributed by atoms with van der Waals surface area (Å²) in [5.74, 6) is -0.582. The zero-order valence-electron chi connectivity index (χ0n) is 12.2. The summed E-state index contributed by atoms with van der Waals surface area (Å²) in [6.07, 6.45) is -1.59. The molecule has 112 valence electrons. The molecule has 1 rings (SSSR count). The third-order valence-electron chi connectivity index (χ3n) is 2.40. The van der Waals surface area contributed by atoms with E-state index >= 15 is 0 Å². The van der Waals surface area contributed by atoms with Gasteiger partial charge in [-0.3, -0.25) is 5.32 Å². The molecule has 0 aliphatic carbocycles. The molecule has 0 heterocycles. The quantitative estimate of drug-likeness (QED) is 0.794. The van der Waals surface area contributed by atoms with Crippen molar-refractivity contribution in [3.05, 3.63) is 29.6 Å². The summed E-state index contributed by atoms with van der Waals surface area (Å²) < 4.78 is 18.9. The van der Waals surface area contributed by atoms with Gasteiger partial charge in [0.25, 0.3) is 0 Å². The number of aliphatic hydroxyl groups is 1. The number of hydrogen-bond donors (Lipinski definition) is 3. The normalized spacial score (nSPS) is 12.9. The number of likely N-dealkylation sites (N-methyl/N-ethyl adjacent to an activating group) is 1. The number of ether oxygens (including phenoxy) is 1. The van der Waals surface area contributed by atoms with Crippen LogP contribution in [0, 0.1) is 5.82 Å². The van der Waals surface area contributed by atoms with Gasteiger partial charge in [0.2, 0.25) is 0 Å². The van der Waals surface area contributed by atoms with Gasteiger partial charge in [-0.15, -0.1) is 0 Å². The zero-order valence-corrected chi connectivity index (χ0v) is 12.2. The number of carbonyl (C=O) groups excluding carboxylic acids is 1. The molecule has 0 saturated heterocycles. The number of anilines is 1. The molecule has 0 aliphatic heterocycles. The summed E-state index contributed by atoms with van der Waals surface area (Å²) in [6.45, 7) is 5.47. The second-order valence-corrected chi connectivity index (χ2v) is 5.44. The fourth-order valence-electron chi connectivity index (χ4n) is 1.60. The number of halogens is 1. The minimum absolute atomic E-state index is 0.175. The van der Waals surface area contributed by atoms with E-state index < -0.39 is 23.6 Å². The van der Waals surface area contributed by atoms with Crippen LogP contribution in [0.5, 0.6) is 0 Å². The number of hydrogen-bond acceptors (Lipinski definition) is 4. The lowest BCUT2D eigenvalue weighted by Crippen LogP contribution is -2.27. The number of benzene rings is 1. The van der Waals surface area contributed by atoms with E-state index in [1.807, 2.05) is 0 Å². The fraction of sp³-hybridized carbons (Fsp3) is 0.500. The molecule has 0 aromatic heterocycles. The Kier molecular flexibility index (Phi) is 5.47. The molecule has 0 fully saturated rings. The van der Waals surface area contributed by atoms with Crippen molar-refractivity contribution in [2.24, 2.45) is 0 Å². The van der Waals surface area contributed by atoms with Crippen LogP contribution in [-0.2, 0) is 4.74 Å². The van der Waals surface area contributed by atoms with Gasteiger partial charge in [-0.1, -0.05) is 6.07 Å². The third-order valence-corrected chi connectivity index (χ3v) is 2.40. The maximum Gasteiger partial charge on any atom is 0.412 e. The summed E-state index contributed by atoms with van der Waals surface area (Å²) in [5.41, 5.74) is -0.169. The van der Waals surface area contributed by atoms with Crippen LogP contribution in [0.15, 0.2) is 18.2 Å². The second-order valence-electron chi connectivity index (χ2n) is 5.44. The van der Waals surface area contributed by atoms with Gasteiger partial charge in [0.05, 0.1) is 6.10 Å². The Bertz CT molecular complexity index is 472. The van der Waals surface area contributed by atoms with E-state index in [0.29, 0.717) is 0 Å². The van der Waals surface area contributed by atoms with E-state index in [4.69, 9.17) is 4.74 Å². The van der Waals surface area contributed by atoms with Gasteiger partial charge in [-0.2, -0.15) is 0 Å². The summed E-state index contributed by atoms with van der Waals surface area (Å²) in [6, 6.07) is 4.10. The van der Waals surface area contributed by atoms with Gasteiger partial charge < -0.3 is 15.2 Å². The summed E-state index contributed by atoms with van der Waals surface area (Å²) in [7, 11) is 1.67. The maximum absolute atomic E-state index is 13.8. The van der Waals surface area contributed by atoms with E-state index in [1.165, 1.54) is 12.1 Å². The highest BCUT2D eigenvalue weighted by Crippen LogP contribution is 2.21. The molecule has 0 aliphatic rings. The van der Waals surface area contributed by atoms with E-state index in [9.17, 15) is 14.3 Å². The van der Waals surface area contributed by atoms with Crippen molar-refractivity contribution >= 4 is 11.8 Å². The van der Waals surface area contributed by atoms with Gasteiger partial charge in [-0.05, 0) is 40.0 Å². The highest BCUT2D eigenvalue weighted by atomic mass is 19.1. The standard InChI is InChI=1S/C14H21FN2O3/c1-14(2,3)20-13(19)17-9-5-6-10(11(15)7-9)12(18)8-16-4/h5-7,12,16,18H,8H2,1-4H3,(H,17,19). The first-order valence-corrected chi connectivity index (χ1v) is 6.35. The van der Waals surface area contributed by atoms with Crippen LogP contribution >= 0.6 is 0 Å². The molecule has 0 spiro atoms. The average molecular weight is 284 g/mol. The van der Waals surface area contributed by atoms with Crippen LogP contribution in [-0.4, -0.2) is 30.4 Å². The Morgan fingerprint density at radius 3 is 2.60 bits per heavy atom. The van der Waals surface area contributed by atoms with Crippen molar-refractivity contribution in [3.8, 4) is 0 Å². The summed E-state index contributed by atoms with van der Waals surface area (Å²) in [5, 5.41) is 14.9. The van der Waals surface area contributed by atoms with Crippen molar-refractivity contribution in [2.45, 2.75) is 32.5 Å². The number of rotatable bonds is 4. The van der Waals surface area contributed by atoms with Crippen molar-refractivity contribution in [3.63, 3.8) is 0 Å². The van der Waals surface area contributed by atoms with Crippen LogP contribution in [0.4, 0.5) is 14.9 Å². The molecule has 6 heteroatoms. The van der Waals surface area contributed by atoms with E-state index in [1.54, 1.807) is 27.8 Å². The average Bonchev–Trinajstić information content (AvgIpc) is 2.26.